The number of hydrogen-bond acceptors (Lipinski definition) is 1. The highest BCUT2D eigenvalue weighted by atomic mass is 14.6. The highest BCUT2D eigenvalue weighted by molar-refractivity contribution is 6.06. The summed E-state index contributed by atoms with van der Waals surface area (Å²) in [7, 11) is 0. The van der Waals surface area contributed by atoms with Gasteiger partial charge in [0.25, 0.3) is 0 Å². The van der Waals surface area contributed by atoms with E-state index in [1.807, 2.05) is 12.3 Å². The molecule has 166 valence electrons. The van der Waals surface area contributed by atoms with Crippen LogP contribution in [0.15, 0.2) is 115 Å². The van der Waals surface area contributed by atoms with Crippen LogP contribution in [0.25, 0.3) is 55.1 Å². The molecule has 7 rings (SSSR count). The van der Waals surface area contributed by atoms with Crippen LogP contribution in [0.4, 0.5) is 0 Å². The van der Waals surface area contributed by atoms with E-state index in [2.05, 4.69) is 122 Å². The normalized spacial score (nSPS) is 13.7. The minimum Gasteiger partial charge on any atom is -0.256 e. The molecule has 0 aliphatic heterocycles. The molecule has 0 fully saturated rings. The molecule has 0 radical (unpaired) electrons. The van der Waals surface area contributed by atoms with E-state index in [4.69, 9.17) is 0 Å². The van der Waals surface area contributed by atoms with Crippen LogP contribution in [-0.4, -0.2) is 4.98 Å². The van der Waals surface area contributed by atoms with Gasteiger partial charge in [0.05, 0.1) is 5.52 Å². The summed E-state index contributed by atoms with van der Waals surface area (Å²) in [5.74, 6) is 0. The molecule has 1 heterocycles. The Kier molecular flexibility index (Phi) is 4.25. The van der Waals surface area contributed by atoms with Crippen molar-refractivity contribution in [1.82, 2.24) is 4.98 Å². The van der Waals surface area contributed by atoms with Crippen LogP contribution >= 0.6 is 0 Å². The molecule has 0 atom stereocenters. The lowest BCUT2D eigenvalue weighted by Crippen LogP contribution is -2.14. The first kappa shape index (κ1) is 20.2. The molecule has 0 saturated carbocycles. The number of hydrogen-bond donors (Lipinski definition) is 0. The molecule has 0 N–H and O–H groups in total. The first-order chi connectivity index (χ1) is 17.1. The number of rotatable bonds is 2. The minimum atomic E-state index is 0.00590. The van der Waals surface area contributed by atoms with E-state index in [1.165, 1.54) is 60.7 Å². The molecule has 6 aromatic rings. The van der Waals surface area contributed by atoms with E-state index in [1.54, 1.807) is 0 Å². The van der Waals surface area contributed by atoms with Gasteiger partial charge in [0.1, 0.15) is 0 Å². The predicted octanol–water partition coefficient (Wildman–Crippen LogP) is 9.03. The Morgan fingerprint density at radius 1 is 0.514 bits per heavy atom. The molecular formula is C34H25N. The first-order valence-electron chi connectivity index (χ1n) is 12.2. The number of aromatic nitrogens is 1. The van der Waals surface area contributed by atoms with Crippen molar-refractivity contribution in [3.8, 4) is 33.4 Å². The van der Waals surface area contributed by atoms with E-state index in [0.29, 0.717) is 0 Å². The highest BCUT2D eigenvalue weighted by Gasteiger charge is 2.35. The molecule has 0 saturated heterocycles. The van der Waals surface area contributed by atoms with Gasteiger partial charge in [0.2, 0.25) is 0 Å². The van der Waals surface area contributed by atoms with Gasteiger partial charge in [-0.25, -0.2) is 0 Å². The first-order valence-corrected chi connectivity index (χ1v) is 12.2. The quantitative estimate of drug-likeness (QED) is 0.241. The molecule has 1 aromatic heterocycles. The zero-order chi connectivity index (χ0) is 23.6. The smallest absolute Gasteiger partial charge is 0.0780 e. The monoisotopic (exact) mass is 447 g/mol. The van der Waals surface area contributed by atoms with Gasteiger partial charge >= 0.3 is 0 Å². The summed E-state index contributed by atoms with van der Waals surface area (Å²) >= 11 is 0. The Morgan fingerprint density at radius 2 is 1.20 bits per heavy atom. The van der Waals surface area contributed by atoms with Crippen LogP contribution in [0.2, 0.25) is 0 Å². The molecule has 35 heavy (non-hydrogen) atoms. The summed E-state index contributed by atoms with van der Waals surface area (Å²) in [6, 6.07) is 39.9. The average Bonchev–Trinajstić information content (AvgIpc) is 3.15. The number of nitrogens with zero attached hydrogens (tertiary/aromatic N) is 1. The lowest BCUT2D eigenvalue weighted by atomic mass is 9.81. The lowest BCUT2D eigenvalue weighted by Gasteiger charge is -2.22. The zero-order valence-corrected chi connectivity index (χ0v) is 19.9. The average molecular weight is 448 g/mol. The standard InChI is InChI=1S/C34H25N/c1-34(2)31-11-4-3-10-28(31)29-17-16-27(21-32(29)34)25-8-5-7-24(19-25)26-15-13-22-12-14-23-9-6-18-35-33(23)30(22)20-26/h3-21H,1-2H3. The summed E-state index contributed by atoms with van der Waals surface area (Å²) in [6.07, 6.45) is 1.88. The second-order valence-corrected chi connectivity index (χ2v) is 10.1. The van der Waals surface area contributed by atoms with Gasteiger partial charge in [-0.1, -0.05) is 98.8 Å². The molecule has 1 aliphatic carbocycles. The van der Waals surface area contributed by atoms with Gasteiger partial charge in [-0.3, -0.25) is 4.98 Å². The van der Waals surface area contributed by atoms with Crippen molar-refractivity contribution < 1.29 is 0 Å². The van der Waals surface area contributed by atoms with Gasteiger partial charge < -0.3 is 0 Å². The molecule has 1 heteroatoms. The van der Waals surface area contributed by atoms with Gasteiger partial charge in [-0.15, -0.1) is 0 Å². The van der Waals surface area contributed by atoms with Crippen LogP contribution in [0, 0.1) is 0 Å². The number of pyridine rings is 1. The van der Waals surface area contributed by atoms with Crippen molar-refractivity contribution in [3.05, 3.63) is 127 Å². The summed E-state index contributed by atoms with van der Waals surface area (Å²) in [5, 5.41) is 3.59. The molecule has 5 aromatic carbocycles. The topological polar surface area (TPSA) is 12.9 Å². The third-order valence-electron chi connectivity index (χ3n) is 7.70. The SMILES string of the molecule is CC1(C)c2ccccc2-c2ccc(-c3cccc(-c4ccc5ccc6cccnc6c5c4)c3)cc21. The lowest BCUT2D eigenvalue weighted by molar-refractivity contribution is 0.660. The van der Waals surface area contributed by atoms with Crippen molar-refractivity contribution in [2.45, 2.75) is 19.3 Å². The maximum absolute atomic E-state index is 4.67. The Labute approximate surface area is 205 Å². The third-order valence-corrected chi connectivity index (χ3v) is 7.70. The number of fused-ring (bicyclic) bond motifs is 6. The van der Waals surface area contributed by atoms with Gasteiger partial charge in [-0.05, 0) is 74.2 Å². The molecule has 1 aliphatic rings. The van der Waals surface area contributed by atoms with Crippen molar-refractivity contribution in [1.29, 1.82) is 0 Å². The van der Waals surface area contributed by atoms with Crippen molar-refractivity contribution in [2.75, 3.05) is 0 Å². The zero-order valence-electron chi connectivity index (χ0n) is 19.9. The Hall–Kier alpha value is -4.23. The van der Waals surface area contributed by atoms with E-state index in [0.717, 1.165) is 5.52 Å². The van der Waals surface area contributed by atoms with E-state index >= 15 is 0 Å². The summed E-state index contributed by atoms with van der Waals surface area (Å²) < 4.78 is 0. The Morgan fingerprint density at radius 3 is 2.09 bits per heavy atom. The fraction of sp³-hybridized carbons (Fsp3) is 0.0882. The fourth-order valence-corrected chi connectivity index (χ4v) is 5.81. The second kappa shape index (κ2) is 7.38. The summed E-state index contributed by atoms with van der Waals surface area (Å²) in [6.45, 7) is 4.68. The minimum absolute atomic E-state index is 0.00590. The maximum Gasteiger partial charge on any atom is 0.0780 e. The van der Waals surface area contributed by atoms with Crippen molar-refractivity contribution in [2.24, 2.45) is 0 Å². The van der Waals surface area contributed by atoms with Crippen LogP contribution in [0.5, 0.6) is 0 Å². The van der Waals surface area contributed by atoms with Gasteiger partial charge in [0, 0.05) is 22.4 Å². The largest absolute Gasteiger partial charge is 0.256 e. The van der Waals surface area contributed by atoms with Gasteiger partial charge in [0.15, 0.2) is 0 Å². The van der Waals surface area contributed by atoms with E-state index < -0.39 is 0 Å². The van der Waals surface area contributed by atoms with Crippen LogP contribution < -0.4 is 0 Å². The van der Waals surface area contributed by atoms with Gasteiger partial charge in [-0.2, -0.15) is 0 Å². The molecule has 0 bridgehead atoms. The second-order valence-electron chi connectivity index (χ2n) is 10.1. The molecule has 0 spiro atoms. The van der Waals surface area contributed by atoms with Crippen molar-refractivity contribution in [3.63, 3.8) is 0 Å². The highest BCUT2D eigenvalue weighted by Crippen LogP contribution is 2.49. The summed E-state index contributed by atoms with van der Waals surface area (Å²) in [4.78, 5) is 4.67. The van der Waals surface area contributed by atoms with E-state index in [9.17, 15) is 0 Å². The summed E-state index contributed by atoms with van der Waals surface area (Å²) in [5.41, 5.74) is 11.6. The Balaban J connectivity index is 1.34. The fourth-order valence-electron chi connectivity index (χ4n) is 5.81. The van der Waals surface area contributed by atoms with Crippen LogP contribution in [-0.2, 0) is 5.41 Å². The third kappa shape index (κ3) is 3.05. The maximum atomic E-state index is 4.67. The van der Waals surface area contributed by atoms with Crippen molar-refractivity contribution >= 4 is 21.7 Å². The Bertz CT molecular complexity index is 1770. The predicted molar refractivity (Wildman–Crippen MR) is 148 cm³/mol. The van der Waals surface area contributed by atoms with E-state index in [-0.39, 0.29) is 5.41 Å². The van der Waals surface area contributed by atoms with Crippen LogP contribution in [0.3, 0.4) is 0 Å². The van der Waals surface area contributed by atoms with Crippen LogP contribution in [0.1, 0.15) is 25.0 Å². The molecule has 0 amide bonds. The molecule has 1 nitrogen and oxygen atoms in total. The molecular weight excluding hydrogens is 422 g/mol. The molecule has 0 unspecified atom stereocenters. The number of benzene rings is 5.